The Kier molecular flexibility index (Phi) is 4.08. The van der Waals surface area contributed by atoms with E-state index in [1.54, 1.807) is 32.9 Å². The Balaban J connectivity index is 1.97. The summed E-state index contributed by atoms with van der Waals surface area (Å²) in [6.07, 6.45) is 1.24. The molecule has 1 aromatic heterocycles. The van der Waals surface area contributed by atoms with Crippen LogP contribution in [0.2, 0.25) is 0 Å². The normalized spacial score (nSPS) is 16.3. The van der Waals surface area contributed by atoms with E-state index in [9.17, 15) is 9.90 Å². The third kappa shape index (κ3) is 3.71. The quantitative estimate of drug-likeness (QED) is 0.810. The first-order chi connectivity index (χ1) is 10.1. The molecule has 0 radical (unpaired) electrons. The molecule has 1 aromatic rings. The molecule has 22 heavy (non-hydrogen) atoms. The Morgan fingerprint density at radius 1 is 1.55 bits per heavy atom. The molecule has 118 valence electrons. The summed E-state index contributed by atoms with van der Waals surface area (Å²) in [6.45, 7) is 11.2. The van der Waals surface area contributed by atoms with Gasteiger partial charge in [-0.25, -0.2) is 4.79 Å². The Bertz CT molecular complexity index is 648. The topological polar surface area (TPSA) is 62.9 Å². The molecule has 5 nitrogen and oxygen atoms in total. The minimum atomic E-state index is -1.22. The molecule has 0 atom stereocenters. The van der Waals surface area contributed by atoms with Crippen LogP contribution in [0, 0.1) is 18.8 Å². The highest BCUT2D eigenvalue weighted by Gasteiger charge is 2.44. The minimum absolute atomic E-state index is 0.128. The molecule has 1 aliphatic heterocycles. The van der Waals surface area contributed by atoms with Crippen LogP contribution in [0.25, 0.3) is 6.08 Å². The third-order valence-corrected chi connectivity index (χ3v) is 3.15. The van der Waals surface area contributed by atoms with E-state index in [4.69, 9.17) is 9.15 Å². The van der Waals surface area contributed by atoms with Crippen LogP contribution >= 0.6 is 0 Å². The fourth-order valence-corrected chi connectivity index (χ4v) is 2.06. The molecule has 1 amide bonds. The van der Waals surface area contributed by atoms with Crippen molar-refractivity contribution in [2.24, 2.45) is 0 Å². The van der Waals surface area contributed by atoms with Gasteiger partial charge in [0.2, 0.25) is 0 Å². The van der Waals surface area contributed by atoms with Gasteiger partial charge in [0, 0.05) is 11.6 Å². The molecule has 1 fully saturated rings. The number of amides is 1. The summed E-state index contributed by atoms with van der Waals surface area (Å²) in [5.74, 6) is 6.75. The number of ether oxygens (including phenoxy) is 1. The monoisotopic (exact) mass is 303 g/mol. The summed E-state index contributed by atoms with van der Waals surface area (Å²) in [7, 11) is 0. The van der Waals surface area contributed by atoms with Crippen LogP contribution in [-0.4, -0.2) is 40.4 Å². The molecule has 0 aliphatic carbocycles. The highest BCUT2D eigenvalue weighted by molar-refractivity contribution is 5.70. The molecule has 0 aromatic carbocycles. The van der Waals surface area contributed by atoms with Gasteiger partial charge in [-0.15, -0.1) is 0 Å². The summed E-state index contributed by atoms with van der Waals surface area (Å²) < 4.78 is 10.7. The molecule has 2 heterocycles. The zero-order valence-corrected chi connectivity index (χ0v) is 13.4. The number of β-amino-alcohol motifs (C(OH)–C–C–N with tert-alkyl or cyclic N) is 1. The van der Waals surface area contributed by atoms with Gasteiger partial charge in [-0.2, -0.15) is 0 Å². The molecule has 1 aliphatic rings. The summed E-state index contributed by atoms with van der Waals surface area (Å²) in [6, 6.07) is 1.77. The van der Waals surface area contributed by atoms with E-state index in [2.05, 4.69) is 18.4 Å². The number of likely N-dealkylation sites (tertiary alicyclic amines) is 1. The molecule has 1 saturated heterocycles. The SMILES string of the molecule is C=Cc1cc(C#CC2(O)CN(C(=O)OC(C)(C)C)C2)oc1C. The highest BCUT2D eigenvalue weighted by Crippen LogP contribution is 2.23. The van der Waals surface area contributed by atoms with Gasteiger partial charge in [0.25, 0.3) is 0 Å². The summed E-state index contributed by atoms with van der Waals surface area (Å²) in [5.41, 5.74) is -0.893. The van der Waals surface area contributed by atoms with Gasteiger partial charge in [0.1, 0.15) is 11.4 Å². The maximum absolute atomic E-state index is 11.8. The van der Waals surface area contributed by atoms with Gasteiger partial charge in [0.15, 0.2) is 11.4 Å². The van der Waals surface area contributed by atoms with Crippen LogP contribution in [0.5, 0.6) is 0 Å². The van der Waals surface area contributed by atoms with Crippen molar-refractivity contribution < 1.29 is 19.1 Å². The van der Waals surface area contributed by atoms with Crippen molar-refractivity contribution in [2.75, 3.05) is 13.1 Å². The van der Waals surface area contributed by atoms with Gasteiger partial charge >= 0.3 is 6.09 Å². The number of hydrogen-bond acceptors (Lipinski definition) is 4. The van der Waals surface area contributed by atoms with Crippen LogP contribution in [0.15, 0.2) is 17.1 Å². The average Bonchev–Trinajstić information content (AvgIpc) is 2.71. The van der Waals surface area contributed by atoms with Gasteiger partial charge in [0.05, 0.1) is 13.1 Å². The fraction of sp³-hybridized carbons (Fsp3) is 0.471. The first-order valence-electron chi connectivity index (χ1n) is 7.08. The molecule has 2 rings (SSSR count). The number of carbonyl (C=O) groups excluding carboxylic acids is 1. The van der Waals surface area contributed by atoms with Crippen LogP contribution in [-0.2, 0) is 4.74 Å². The van der Waals surface area contributed by atoms with Crippen molar-refractivity contribution in [1.82, 2.24) is 4.90 Å². The summed E-state index contributed by atoms with van der Waals surface area (Å²) in [4.78, 5) is 13.2. The van der Waals surface area contributed by atoms with Crippen LogP contribution in [0.3, 0.4) is 0 Å². The van der Waals surface area contributed by atoms with Crippen molar-refractivity contribution in [1.29, 1.82) is 0 Å². The lowest BCUT2D eigenvalue weighted by Gasteiger charge is -2.43. The Morgan fingerprint density at radius 2 is 2.18 bits per heavy atom. The number of aliphatic hydroxyl groups is 1. The predicted octanol–water partition coefficient (Wildman–Crippen LogP) is 2.56. The van der Waals surface area contributed by atoms with Crippen molar-refractivity contribution in [2.45, 2.75) is 38.9 Å². The smallest absolute Gasteiger partial charge is 0.410 e. The van der Waals surface area contributed by atoms with Gasteiger partial charge < -0.3 is 19.2 Å². The Hall–Kier alpha value is -2.19. The first-order valence-corrected chi connectivity index (χ1v) is 7.08. The standard InChI is InChI=1S/C17H21NO4/c1-6-13-9-14(21-12(13)2)7-8-17(20)10-18(11-17)15(19)22-16(3,4)5/h6,9,20H,1,10-11H2,2-5H3. The van der Waals surface area contributed by atoms with Crippen LogP contribution in [0.1, 0.15) is 37.9 Å². The lowest BCUT2D eigenvalue weighted by Crippen LogP contribution is -2.63. The Labute approximate surface area is 130 Å². The number of rotatable bonds is 1. The van der Waals surface area contributed by atoms with Crippen LogP contribution in [0.4, 0.5) is 4.79 Å². The van der Waals surface area contributed by atoms with E-state index in [0.29, 0.717) is 5.76 Å². The second-order valence-corrected chi connectivity index (χ2v) is 6.44. The van der Waals surface area contributed by atoms with Crippen molar-refractivity contribution >= 4 is 12.2 Å². The number of hydrogen-bond donors (Lipinski definition) is 1. The molecule has 5 heteroatoms. The van der Waals surface area contributed by atoms with Crippen molar-refractivity contribution in [3.63, 3.8) is 0 Å². The first kappa shape index (κ1) is 16.2. The lowest BCUT2D eigenvalue weighted by molar-refractivity contribution is -0.0637. The molecule has 0 spiro atoms. The summed E-state index contributed by atoms with van der Waals surface area (Å²) >= 11 is 0. The van der Waals surface area contributed by atoms with Crippen LogP contribution < -0.4 is 0 Å². The fourth-order valence-electron chi connectivity index (χ4n) is 2.06. The van der Waals surface area contributed by atoms with E-state index < -0.39 is 17.3 Å². The second kappa shape index (κ2) is 5.54. The predicted molar refractivity (Wildman–Crippen MR) is 83.2 cm³/mol. The zero-order chi connectivity index (χ0) is 16.5. The molecular weight excluding hydrogens is 282 g/mol. The minimum Gasteiger partial charge on any atom is -0.452 e. The highest BCUT2D eigenvalue weighted by atomic mass is 16.6. The molecule has 0 saturated carbocycles. The Morgan fingerprint density at radius 3 is 2.68 bits per heavy atom. The second-order valence-electron chi connectivity index (χ2n) is 6.44. The van der Waals surface area contributed by atoms with Gasteiger partial charge in [-0.3, -0.25) is 0 Å². The van der Waals surface area contributed by atoms with E-state index in [0.717, 1.165) is 11.3 Å². The summed E-state index contributed by atoms with van der Waals surface area (Å²) in [5, 5.41) is 10.2. The maximum atomic E-state index is 11.8. The van der Waals surface area contributed by atoms with E-state index in [1.165, 1.54) is 4.90 Å². The average molecular weight is 303 g/mol. The molecule has 1 N–H and O–H groups in total. The largest absolute Gasteiger partial charge is 0.452 e. The van der Waals surface area contributed by atoms with Gasteiger partial charge in [-0.05, 0) is 33.6 Å². The van der Waals surface area contributed by atoms with E-state index in [-0.39, 0.29) is 13.1 Å². The zero-order valence-electron chi connectivity index (χ0n) is 13.4. The number of furan rings is 1. The number of carbonyl (C=O) groups is 1. The van der Waals surface area contributed by atoms with Crippen molar-refractivity contribution in [3.8, 4) is 11.8 Å². The number of nitrogens with zero attached hydrogens (tertiary/aromatic N) is 1. The van der Waals surface area contributed by atoms with Crippen molar-refractivity contribution in [3.05, 3.63) is 29.7 Å². The van der Waals surface area contributed by atoms with Gasteiger partial charge in [-0.1, -0.05) is 18.6 Å². The van der Waals surface area contributed by atoms with E-state index in [1.807, 2.05) is 6.92 Å². The molecular formula is C17H21NO4. The van der Waals surface area contributed by atoms with E-state index >= 15 is 0 Å². The maximum Gasteiger partial charge on any atom is 0.410 e. The number of aryl methyl sites for hydroxylation is 1. The molecule has 0 unspecified atom stereocenters. The third-order valence-electron chi connectivity index (χ3n) is 3.15. The lowest BCUT2D eigenvalue weighted by atomic mass is 9.95. The molecule has 0 bridgehead atoms.